The predicted octanol–water partition coefficient (Wildman–Crippen LogP) is 2.04. The Morgan fingerprint density at radius 3 is 3.00 bits per heavy atom. The van der Waals surface area contributed by atoms with Gasteiger partial charge in [0.15, 0.2) is 0 Å². The molecule has 0 saturated carbocycles. The van der Waals surface area contributed by atoms with Crippen molar-refractivity contribution in [3.8, 4) is 5.75 Å². The molecule has 2 heterocycles. The Morgan fingerprint density at radius 1 is 1.35 bits per heavy atom. The fourth-order valence-corrected chi connectivity index (χ4v) is 2.35. The number of aryl methyl sites for hydroxylation is 1. The standard InChI is InChI=1S/C15H18N4O/c1-2-14-18-13(16)8-15(19-14)17-9-11-7-10-5-3-4-6-12(10)20-11/h3-6,8,11H,2,7,9H2,1H3,(H3,16,17,18,19). The molecule has 3 rings (SSSR count). The van der Waals surface area contributed by atoms with Gasteiger partial charge in [-0.25, -0.2) is 9.97 Å². The summed E-state index contributed by atoms with van der Waals surface area (Å²) in [5.74, 6) is 2.99. The smallest absolute Gasteiger partial charge is 0.132 e. The Balaban J connectivity index is 1.63. The largest absolute Gasteiger partial charge is 0.488 e. The van der Waals surface area contributed by atoms with Crippen molar-refractivity contribution < 1.29 is 4.74 Å². The Morgan fingerprint density at radius 2 is 2.20 bits per heavy atom. The first-order valence-electron chi connectivity index (χ1n) is 6.86. The van der Waals surface area contributed by atoms with Gasteiger partial charge in [0.05, 0.1) is 6.54 Å². The highest BCUT2D eigenvalue weighted by atomic mass is 16.5. The van der Waals surface area contributed by atoms with Gasteiger partial charge in [-0.3, -0.25) is 0 Å². The second-order valence-corrected chi connectivity index (χ2v) is 4.88. The highest BCUT2D eigenvalue weighted by Gasteiger charge is 2.22. The summed E-state index contributed by atoms with van der Waals surface area (Å²) in [5, 5.41) is 3.28. The number of aromatic nitrogens is 2. The van der Waals surface area contributed by atoms with Gasteiger partial charge in [-0.05, 0) is 11.6 Å². The lowest BCUT2D eigenvalue weighted by Gasteiger charge is -2.13. The predicted molar refractivity (Wildman–Crippen MR) is 78.9 cm³/mol. The molecule has 0 bridgehead atoms. The molecule has 1 aromatic heterocycles. The van der Waals surface area contributed by atoms with E-state index in [1.807, 2.05) is 25.1 Å². The van der Waals surface area contributed by atoms with Crippen molar-refractivity contribution in [1.82, 2.24) is 9.97 Å². The summed E-state index contributed by atoms with van der Waals surface area (Å²) in [5.41, 5.74) is 7.03. The molecule has 0 fully saturated rings. The van der Waals surface area contributed by atoms with Crippen molar-refractivity contribution >= 4 is 11.6 Å². The number of hydrogen-bond acceptors (Lipinski definition) is 5. The first-order valence-corrected chi connectivity index (χ1v) is 6.86. The third-order valence-corrected chi connectivity index (χ3v) is 3.33. The quantitative estimate of drug-likeness (QED) is 0.889. The van der Waals surface area contributed by atoms with Crippen LogP contribution in [0.15, 0.2) is 30.3 Å². The van der Waals surface area contributed by atoms with E-state index in [9.17, 15) is 0 Å². The van der Waals surface area contributed by atoms with Gasteiger partial charge >= 0.3 is 0 Å². The van der Waals surface area contributed by atoms with Crippen LogP contribution in [0.2, 0.25) is 0 Å². The average Bonchev–Trinajstić information content (AvgIpc) is 2.87. The van der Waals surface area contributed by atoms with Crippen LogP contribution in [0.5, 0.6) is 5.75 Å². The maximum atomic E-state index is 5.88. The van der Waals surface area contributed by atoms with E-state index in [2.05, 4.69) is 21.4 Å². The van der Waals surface area contributed by atoms with Gasteiger partial charge in [0.1, 0.15) is 29.3 Å². The van der Waals surface area contributed by atoms with Crippen molar-refractivity contribution in [2.24, 2.45) is 0 Å². The van der Waals surface area contributed by atoms with Crippen molar-refractivity contribution in [3.63, 3.8) is 0 Å². The average molecular weight is 270 g/mol. The van der Waals surface area contributed by atoms with Gasteiger partial charge in [0.25, 0.3) is 0 Å². The Hall–Kier alpha value is -2.30. The van der Waals surface area contributed by atoms with E-state index in [1.54, 1.807) is 6.07 Å². The van der Waals surface area contributed by atoms with Crippen molar-refractivity contribution in [2.75, 3.05) is 17.6 Å². The molecule has 5 heteroatoms. The van der Waals surface area contributed by atoms with Crippen LogP contribution in [0, 0.1) is 0 Å². The number of nitrogens with one attached hydrogen (secondary N) is 1. The summed E-state index contributed by atoms with van der Waals surface area (Å²) < 4.78 is 5.88. The maximum Gasteiger partial charge on any atom is 0.132 e. The molecule has 2 aromatic rings. The number of ether oxygens (including phenoxy) is 1. The van der Waals surface area contributed by atoms with Crippen LogP contribution in [-0.2, 0) is 12.8 Å². The maximum absolute atomic E-state index is 5.88. The highest BCUT2D eigenvalue weighted by Crippen LogP contribution is 2.28. The third-order valence-electron chi connectivity index (χ3n) is 3.33. The molecule has 0 aliphatic carbocycles. The fourth-order valence-electron chi connectivity index (χ4n) is 2.35. The Kier molecular flexibility index (Phi) is 3.41. The molecule has 1 aromatic carbocycles. The lowest BCUT2D eigenvalue weighted by atomic mass is 10.1. The van der Waals surface area contributed by atoms with E-state index in [1.165, 1.54) is 5.56 Å². The summed E-state index contributed by atoms with van der Waals surface area (Å²) in [4.78, 5) is 8.56. The molecule has 0 amide bonds. The Labute approximate surface area is 118 Å². The number of fused-ring (bicyclic) bond motifs is 1. The zero-order valence-electron chi connectivity index (χ0n) is 11.5. The molecular formula is C15H18N4O. The van der Waals surface area contributed by atoms with E-state index in [0.29, 0.717) is 12.4 Å². The number of nitrogen functional groups attached to an aromatic ring is 1. The number of anilines is 2. The zero-order valence-corrected chi connectivity index (χ0v) is 11.5. The molecular weight excluding hydrogens is 252 g/mol. The first kappa shape index (κ1) is 12.7. The lowest BCUT2D eigenvalue weighted by molar-refractivity contribution is 0.246. The molecule has 104 valence electrons. The molecule has 1 aliphatic rings. The van der Waals surface area contributed by atoms with Gasteiger partial charge in [0.2, 0.25) is 0 Å². The minimum atomic E-state index is 0.133. The molecule has 0 radical (unpaired) electrons. The second kappa shape index (κ2) is 5.36. The van der Waals surface area contributed by atoms with E-state index >= 15 is 0 Å². The number of rotatable bonds is 4. The van der Waals surface area contributed by atoms with E-state index in [-0.39, 0.29) is 6.10 Å². The van der Waals surface area contributed by atoms with Crippen molar-refractivity contribution in [3.05, 3.63) is 41.7 Å². The van der Waals surface area contributed by atoms with Crippen LogP contribution in [0.3, 0.4) is 0 Å². The van der Waals surface area contributed by atoms with Gasteiger partial charge < -0.3 is 15.8 Å². The number of nitrogens with zero attached hydrogens (tertiary/aromatic N) is 2. The molecule has 1 atom stereocenters. The molecule has 1 aliphatic heterocycles. The molecule has 1 unspecified atom stereocenters. The molecule has 20 heavy (non-hydrogen) atoms. The summed E-state index contributed by atoms with van der Waals surface area (Å²) in [6.07, 6.45) is 1.82. The van der Waals surface area contributed by atoms with Gasteiger partial charge in [-0.2, -0.15) is 0 Å². The second-order valence-electron chi connectivity index (χ2n) is 4.88. The van der Waals surface area contributed by atoms with E-state index in [0.717, 1.165) is 30.2 Å². The Bertz CT molecular complexity index is 590. The topological polar surface area (TPSA) is 73.1 Å². The van der Waals surface area contributed by atoms with Crippen LogP contribution in [0.25, 0.3) is 0 Å². The zero-order chi connectivity index (χ0) is 13.9. The molecule has 5 nitrogen and oxygen atoms in total. The van der Waals surface area contributed by atoms with Crippen LogP contribution < -0.4 is 15.8 Å². The molecule has 0 spiro atoms. The summed E-state index contributed by atoms with van der Waals surface area (Å²) in [6.45, 7) is 2.71. The van der Waals surface area contributed by atoms with Gasteiger partial charge in [0, 0.05) is 18.9 Å². The van der Waals surface area contributed by atoms with E-state index in [4.69, 9.17) is 10.5 Å². The van der Waals surface area contributed by atoms with Crippen LogP contribution in [-0.4, -0.2) is 22.6 Å². The summed E-state index contributed by atoms with van der Waals surface area (Å²) >= 11 is 0. The minimum Gasteiger partial charge on any atom is -0.488 e. The number of para-hydroxylation sites is 1. The minimum absolute atomic E-state index is 0.133. The fraction of sp³-hybridized carbons (Fsp3) is 0.333. The van der Waals surface area contributed by atoms with E-state index < -0.39 is 0 Å². The van der Waals surface area contributed by atoms with Gasteiger partial charge in [-0.1, -0.05) is 25.1 Å². The number of hydrogen-bond donors (Lipinski definition) is 2. The highest BCUT2D eigenvalue weighted by molar-refractivity contribution is 5.45. The molecule has 3 N–H and O–H groups in total. The first-order chi connectivity index (χ1) is 9.74. The van der Waals surface area contributed by atoms with Crippen LogP contribution >= 0.6 is 0 Å². The molecule has 0 saturated heterocycles. The number of nitrogens with two attached hydrogens (primary N) is 1. The summed E-state index contributed by atoms with van der Waals surface area (Å²) in [7, 11) is 0. The monoisotopic (exact) mass is 270 g/mol. The van der Waals surface area contributed by atoms with Gasteiger partial charge in [-0.15, -0.1) is 0 Å². The SMILES string of the molecule is CCc1nc(N)cc(NCC2Cc3ccccc3O2)n1. The van der Waals surface area contributed by atoms with Crippen molar-refractivity contribution in [1.29, 1.82) is 0 Å². The van der Waals surface area contributed by atoms with Crippen LogP contribution in [0.1, 0.15) is 18.3 Å². The summed E-state index contributed by atoms with van der Waals surface area (Å²) in [6, 6.07) is 9.89. The van der Waals surface area contributed by atoms with Crippen LogP contribution in [0.4, 0.5) is 11.6 Å². The third kappa shape index (κ3) is 2.66. The number of benzene rings is 1. The lowest BCUT2D eigenvalue weighted by Crippen LogP contribution is -2.24. The van der Waals surface area contributed by atoms with Crippen molar-refractivity contribution in [2.45, 2.75) is 25.9 Å². The normalized spacial score (nSPS) is 16.6.